The summed E-state index contributed by atoms with van der Waals surface area (Å²) in [5.74, 6) is 0.598. The van der Waals surface area contributed by atoms with E-state index in [1.54, 1.807) is 0 Å². The first-order valence-electron chi connectivity index (χ1n) is 6.28. The average molecular weight is 212 g/mol. The van der Waals surface area contributed by atoms with E-state index >= 15 is 0 Å². The minimum atomic E-state index is -0.0973. The van der Waals surface area contributed by atoms with Gasteiger partial charge in [0.15, 0.2) is 0 Å². The summed E-state index contributed by atoms with van der Waals surface area (Å²) >= 11 is 0. The van der Waals surface area contributed by atoms with Gasteiger partial charge in [-0.3, -0.25) is 0 Å². The first-order chi connectivity index (χ1) is 7.16. The Morgan fingerprint density at radius 1 is 1.40 bits per heavy atom. The SMILES string of the molecule is CC1CC(NCC(O)C2CC2)CCN1C. The fraction of sp³-hybridized carbons (Fsp3) is 1.00. The van der Waals surface area contributed by atoms with Crippen LogP contribution >= 0.6 is 0 Å². The second-order valence-electron chi connectivity index (χ2n) is 5.36. The van der Waals surface area contributed by atoms with Gasteiger partial charge in [-0.05, 0) is 52.1 Å². The van der Waals surface area contributed by atoms with Crippen LogP contribution in [0.3, 0.4) is 0 Å². The highest BCUT2D eigenvalue weighted by Gasteiger charge is 2.30. The molecule has 0 aromatic heterocycles. The molecule has 0 radical (unpaired) electrons. The van der Waals surface area contributed by atoms with E-state index in [0.29, 0.717) is 18.0 Å². The topological polar surface area (TPSA) is 35.5 Å². The highest BCUT2D eigenvalue weighted by Crippen LogP contribution is 2.32. The summed E-state index contributed by atoms with van der Waals surface area (Å²) in [5, 5.41) is 13.3. The molecule has 1 heterocycles. The van der Waals surface area contributed by atoms with Gasteiger partial charge in [-0.15, -0.1) is 0 Å². The maximum absolute atomic E-state index is 9.76. The summed E-state index contributed by atoms with van der Waals surface area (Å²) in [5.41, 5.74) is 0. The lowest BCUT2D eigenvalue weighted by Crippen LogP contribution is -2.47. The van der Waals surface area contributed by atoms with Gasteiger partial charge in [0.1, 0.15) is 0 Å². The lowest BCUT2D eigenvalue weighted by molar-refractivity contribution is 0.125. The van der Waals surface area contributed by atoms with Crippen molar-refractivity contribution in [3.63, 3.8) is 0 Å². The van der Waals surface area contributed by atoms with Crippen molar-refractivity contribution in [1.82, 2.24) is 10.2 Å². The summed E-state index contributed by atoms with van der Waals surface area (Å²) in [6.45, 7) is 4.26. The summed E-state index contributed by atoms with van der Waals surface area (Å²) in [7, 11) is 2.19. The molecule has 0 spiro atoms. The van der Waals surface area contributed by atoms with Gasteiger partial charge < -0.3 is 15.3 Å². The standard InChI is InChI=1S/C12H24N2O/c1-9-7-11(5-6-14(9)2)13-8-12(15)10-3-4-10/h9-13,15H,3-8H2,1-2H3. The molecule has 3 heteroatoms. The predicted molar refractivity (Wildman–Crippen MR) is 61.8 cm³/mol. The molecule has 3 nitrogen and oxygen atoms in total. The normalized spacial score (nSPS) is 35.4. The number of aliphatic hydroxyl groups is 1. The summed E-state index contributed by atoms with van der Waals surface area (Å²) in [6.07, 6.45) is 4.80. The Kier molecular flexibility index (Phi) is 3.65. The van der Waals surface area contributed by atoms with Gasteiger partial charge in [-0.1, -0.05) is 0 Å². The maximum atomic E-state index is 9.76. The van der Waals surface area contributed by atoms with Crippen molar-refractivity contribution in [3.8, 4) is 0 Å². The Hall–Kier alpha value is -0.120. The highest BCUT2D eigenvalue weighted by atomic mass is 16.3. The number of aliphatic hydroxyl groups excluding tert-OH is 1. The van der Waals surface area contributed by atoms with Crippen molar-refractivity contribution < 1.29 is 5.11 Å². The number of rotatable bonds is 4. The maximum Gasteiger partial charge on any atom is 0.0692 e. The molecule has 1 saturated carbocycles. The van der Waals surface area contributed by atoms with Gasteiger partial charge in [0.05, 0.1) is 6.10 Å². The Bertz CT molecular complexity index is 206. The molecule has 2 aliphatic rings. The van der Waals surface area contributed by atoms with Crippen molar-refractivity contribution in [2.45, 2.75) is 50.8 Å². The van der Waals surface area contributed by atoms with Crippen LogP contribution in [0.5, 0.6) is 0 Å². The largest absolute Gasteiger partial charge is 0.392 e. The third kappa shape index (κ3) is 3.16. The summed E-state index contributed by atoms with van der Waals surface area (Å²) < 4.78 is 0. The monoisotopic (exact) mass is 212 g/mol. The number of nitrogens with one attached hydrogen (secondary N) is 1. The van der Waals surface area contributed by atoms with Crippen LogP contribution in [0, 0.1) is 5.92 Å². The summed E-state index contributed by atoms with van der Waals surface area (Å²) in [6, 6.07) is 1.29. The van der Waals surface area contributed by atoms with Gasteiger partial charge in [-0.2, -0.15) is 0 Å². The van der Waals surface area contributed by atoms with Gasteiger partial charge in [0, 0.05) is 18.6 Å². The van der Waals surface area contributed by atoms with Crippen LogP contribution in [0.15, 0.2) is 0 Å². The predicted octanol–water partition coefficient (Wildman–Crippen LogP) is 0.830. The Labute approximate surface area is 92.8 Å². The van der Waals surface area contributed by atoms with Gasteiger partial charge in [-0.25, -0.2) is 0 Å². The highest BCUT2D eigenvalue weighted by molar-refractivity contribution is 4.86. The molecule has 0 aromatic carbocycles. The molecule has 2 N–H and O–H groups in total. The molecule has 0 amide bonds. The lowest BCUT2D eigenvalue weighted by Gasteiger charge is -2.35. The number of piperidine rings is 1. The Balaban J connectivity index is 1.66. The molecule has 88 valence electrons. The zero-order valence-corrected chi connectivity index (χ0v) is 9.95. The third-order valence-corrected chi connectivity index (χ3v) is 3.99. The van der Waals surface area contributed by atoms with Crippen molar-refractivity contribution in [2.75, 3.05) is 20.1 Å². The van der Waals surface area contributed by atoms with E-state index in [-0.39, 0.29) is 6.10 Å². The van der Waals surface area contributed by atoms with Gasteiger partial charge in [0.25, 0.3) is 0 Å². The van der Waals surface area contributed by atoms with Crippen molar-refractivity contribution in [3.05, 3.63) is 0 Å². The molecule has 1 aliphatic carbocycles. The molecular formula is C12H24N2O. The number of nitrogens with zero attached hydrogens (tertiary/aromatic N) is 1. The second kappa shape index (κ2) is 4.81. The number of hydrogen-bond acceptors (Lipinski definition) is 3. The van der Waals surface area contributed by atoms with Gasteiger partial charge in [0.2, 0.25) is 0 Å². The fourth-order valence-corrected chi connectivity index (χ4v) is 2.41. The van der Waals surface area contributed by atoms with Crippen molar-refractivity contribution >= 4 is 0 Å². The van der Waals surface area contributed by atoms with Crippen LogP contribution < -0.4 is 5.32 Å². The quantitative estimate of drug-likeness (QED) is 0.724. The van der Waals surface area contributed by atoms with Crippen LogP contribution in [0.2, 0.25) is 0 Å². The van der Waals surface area contributed by atoms with Crippen LogP contribution in [0.1, 0.15) is 32.6 Å². The first-order valence-corrected chi connectivity index (χ1v) is 6.28. The molecule has 0 aromatic rings. The van der Waals surface area contributed by atoms with Crippen molar-refractivity contribution in [1.29, 1.82) is 0 Å². The smallest absolute Gasteiger partial charge is 0.0692 e. The van der Waals surface area contributed by atoms with E-state index < -0.39 is 0 Å². The Morgan fingerprint density at radius 3 is 2.73 bits per heavy atom. The van der Waals surface area contributed by atoms with Crippen LogP contribution in [-0.4, -0.2) is 48.3 Å². The fourth-order valence-electron chi connectivity index (χ4n) is 2.41. The third-order valence-electron chi connectivity index (χ3n) is 3.99. The van der Waals surface area contributed by atoms with E-state index in [1.807, 2.05) is 0 Å². The first kappa shape index (κ1) is 11.4. The zero-order valence-electron chi connectivity index (χ0n) is 9.95. The number of likely N-dealkylation sites (tertiary alicyclic amines) is 1. The minimum Gasteiger partial charge on any atom is -0.392 e. The lowest BCUT2D eigenvalue weighted by atomic mass is 9.99. The molecule has 1 saturated heterocycles. The van der Waals surface area contributed by atoms with E-state index in [9.17, 15) is 5.11 Å². The molecule has 1 aliphatic heterocycles. The molecule has 2 rings (SSSR count). The van der Waals surface area contributed by atoms with Gasteiger partial charge >= 0.3 is 0 Å². The van der Waals surface area contributed by atoms with Crippen LogP contribution in [0.4, 0.5) is 0 Å². The molecule has 0 bridgehead atoms. The van der Waals surface area contributed by atoms with E-state index in [2.05, 4.69) is 24.2 Å². The van der Waals surface area contributed by atoms with Crippen molar-refractivity contribution in [2.24, 2.45) is 5.92 Å². The Morgan fingerprint density at radius 2 is 2.13 bits per heavy atom. The molecule has 3 unspecified atom stereocenters. The molecule has 2 fully saturated rings. The van der Waals surface area contributed by atoms with Crippen LogP contribution in [0.25, 0.3) is 0 Å². The van der Waals surface area contributed by atoms with E-state index in [1.165, 1.54) is 32.2 Å². The number of hydrogen-bond donors (Lipinski definition) is 2. The molecular weight excluding hydrogens is 188 g/mol. The van der Waals surface area contributed by atoms with E-state index in [0.717, 1.165) is 6.54 Å². The minimum absolute atomic E-state index is 0.0973. The summed E-state index contributed by atoms with van der Waals surface area (Å²) in [4.78, 5) is 2.41. The molecule has 15 heavy (non-hydrogen) atoms. The second-order valence-corrected chi connectivity index (χ2v) is 5.36. The van der Waals surface area contributed by atoms with E-state index in [4.69, 9.17) is 0 Å². The molecule has 3 atom stereocenters. The zero-order chi connectivity index (χ0) is 10.8. The average Bonchev–Trinajstić information content (AvgIpc) is 3.03. The van der Waals surface area contributed by atoms with Crippen LogP contribution in [-0.2, 0) is 0 Å².